The molecule has 0 aliphatic rings. The molecule has 1 N–H and O–H groups in total. The van der Waals surface area contributed by atoms with Gasteiger partial charge in [0.2, 0.25) is 5.13 Å². The molecule has 0 bridgehead atoms. The number of thiazole rings is 1. The van der Waals surface area contributed by atoms with E-state index in [0.29, 0.717) is 20.4 Å². The summed E-state index contributed by atoms with van der Waals surface area (Å²) in [7, 11) is 0. The van der Waals surface area contributed by atoms with Crippen molar-refractivity contribution in [3.63, 3.8) is 0 Å². The van der Waals surface area contributed by atoms with Crippen LogP contribution in [0, 0.1) is 0 Å². The second kappa shape index (κ2) is 5.88. The lowest BCUT2D eigenvalue weighted by atomic mass is 10.5. The van der Waals surface area contributed by atoms with Crippen LogP contribution < -0.4 is 5.32 Å². The first-order valence-electron chi connectivity index (χ1n) is 4.88. The monoisotopic (exact) mass is 324 g/mol. The van der Waals surface area contributed by atoms with Crippen LogP contribution in [0.4, 0.5) is 18.3 Å². The molecule has 0 aromatic carbocycles. The number of nitrogens with one attached hydrogen (secondary N) is 1. The highest BCUT2D eigenvalue weighted by molar-refractivity contribution is 8.02. The van der Waals surface area contributed by atoms with Crippen LogP contribution in [0.5, 0.6) is 0 Å². The molecule has 2 aromatic heterocycles. The lowest BCUT2D eigenvalue weighted by Crippen LogP contribution is -2.04. The summed E-state index contributed by atoms with van der Waals surface area (Å²) in [5.74, 6) is 0. The molecule has 4 nitrogen and oxygen atoms in total. The zero-order chi connectivity index (χ0) is 13.9. The number of hydrogen-bond acceptors (Lipinski definition) is 7. The number of halogens is 3. The fourth-order valence-electron chi connectivity index (χ4n) is 0.991. The first-order valence-corrected chi connectivity index (χ1v) is 7.39. The van der Waals surface area contributed by atoms with Gasteiger partial charge < -0.3 is 5.32 Å². The predicted molar refractivity (Wildman–Crippen MR) is 69.8 cm³/mol. The van der Waals surface area contributed by atoms with E-state index >= 15 is 0 Å². The van der Waals surface area contributed by atoms with Crippen LogP contribution in [0.25, 0.3) is 0 Å². The smallest absolute Gasteiger partial charge is 0.357 e. The molecule has 0 amide bonds. The maximum absolute atomic E-state index is 12.4. The lowest BCUT2D eigenvalue weighted by Gasteiger charge is -1.99. The minimum atomic E-state index is -4.41. The minimum Gasteiger partial charge on any atom is -0.357 e. The van der Waals surface area contributed by atoms with E-state index in [1.165, 1.54) is 11.3 Å². The van der Waals surface area contributed by atoms with Gasteiger partial charge >= 0.3 is 6.18 Å². The number of nitrogens with zero attached hydrogens (tertiary/aromatic N) is 3. The summed E-state index contributed by atoms with van der Waals surface area (Å²) in [6.07, 6.45) is -2.74. The van der Waals surface area contributed by atoms with Crippen LogP contribution >= 0.6 is 34.4 Å². The lowest BCUT2D eigenvalue weighted by molar-refractivity contribution is -0.141. The fourth-order valence-corrected chi connectivity index (χ4v) is 3.77. The fraction of sp³-hybridized carbons (Fsp3) is 0.222. The quantitative estimate of drug-likeness (QED) is 0.849. The van der Waals surface area contributed by atoms with Crippen LogP contribution in [0.1, 0.15) is 5.69 Å². The Morgan fingerprint density at radius 1 is 1.37 bits per heavy atom. The van der Waals surface area contributed by atoms with Gasteiger partial charge in [0.15, 0.2) is 14.4 Å². The summed E-state index contributed by atoms with van der Waals surface area (Å²) < 4.78 is 37.9. The first-order chi connectivity index (χ1) is 8.99. The average Bonchev–Trinajstić information content (AvgIpc) is 2.95. The van der Waals surface area contributed by atoms with E-state index in [4.69, 9.17) is 0 Å². The Morgan fingerprint density at radius 3 is 2.79 bits per heavy atom. The van der Waals surface area contributed by atoms with Crippen LogP contribution in [0.2, 0.25) is 0 Å². The molecule has 2 rings (SSSR count). The van der Waals surface area contributed by atoms with Crippen molar-refractivity contribution in [1.29, 1.82) is 0 Å². The van der Waals surface area contributed by atoms with Crippen LogP contribution in [-0.4, -0.2) is 21.7 Å². The van der Waals surface area contributed by atoms with Gasteiger partial charge in [-0.3, -0.25) is 0 Å². The highest BCUT2D eigenvalue weighted by atomic mass is 32.2. The largest absolute Gasteiger partial charge is 0.434 e. The average molecular weight is 324 g/mol. The van der Waals surface area contributed by atoms with Crippen molar-refractivity contribution in [2.45, 2.75) is 14.9 Å². The maximum atomic E-state index is 12.4. The maximum Gasteiger partial charge on any atom is 0.434 e. The minimum absolute atomic E-state index is 0.291. The van der Waals surface area contributed by atoms with E-state index in [0.717, 1.165) is 28.5 Å². The zero-order valence-corrected chi connectivity index (χ0v) is 11.7. The van der Waals surface area contributed by atoms with Crippen molar-refractivity contribution in [3.05, 3.63) is 23.7 Å². The molecule has 0 saturated heterocycles. The Labute approximate surface area is 118 Å². The van der Waals surface area contributed by atoms with E-state index in [-0.39, 0.29) is 0 Å². The summed E-state index contributed by atoms with van der Waals surface area (Å²) in [6, 6.07) is 0. The van der Waals surface area contributed by atoms with Crippen LogP contribution in [-0.2, 0) is 6.18 Å². The second-order valence-electron chi connectivity index (χ2n) is 3.14. The third-order valence-electron chi connectivity index (χ3n) is 1.75. The van der Waals surface area contributed by atoms with Crippen molar-refractivity contribution < 1.29 is 13.2 Å². The standard InChI is InChI=1S/C9H7F3N4S3/c1-2-3-13-6-15-16-8(18-6)19-7-14-5(4-17-7)9(10,11)12/h2,4H,1,3H2,(H,13,15). The van der Waals surface area contributed by atoms with Crippen molar-refractivity contribution in [2.75, 3.05) is 11.9 Å². The molecular formula is C9H7F3N4S3. The van der Waals surface area contributed by atoms with Gasteiger partial charge in [0.1, 0.15) is 0 Å². The third-order valence-corrected chi connectivity index (χ3v) is 4.62. The Balaban J connectivity index is 2.02. The summed E-state index contributed by atoms with van der Waals surface area (Å²) in [5.41, 5.74) is -0.880. The predicted octanol–water partition coefficient (Wildman–Crippen LogP) is 3.76. The van der Waals surface area contributed by atoms with Gasteiger partial charge in [0, 0.05) is 11.9 Å². The number of alkyl halides is 3. The molecule has 2 aromatic rings. The van der Waals surface area contributed by atoms with E-state index in [2.05, 4.69) is 27.1 Å². The van der Waals surface area contributed by atoms with Crippen LogP contribution in [0.3, 0.4) is 0 Å². The van der Waals surface area contributed by atoms with Gasteiger partial charge in [-0.15, -0.1) is 28.1 Å². The molecule has 0 unspecified atom stereocenters. The number of rotatable bonds is 5. The molecular weight excluding hydrogens is 317 g/mol. The van der Waals surface area contributed by atoms with E-state index < -0.39 is 11.9 Å². The second-order valence-corrected chi connectivity index (χ2v) is 6.47. The molecule has 0 atom stereocenters. The summed E-state index contributed by atoms with van der Waals surface area (Å²) in [6.45, 7) is 4.10. The van der Waals surface area contributed by atoms with Gasteiger partial charge in [-0.05, 0) is 11.8 Å². The Morgan fingerprint density at radius 2 is 2.16 bits per heavy atom. The van der Waals surface area contributed by atoms with Crippen molar-refractivity contribution in [2.24, 2.45) is 0 Å². The SMILES string of the molecule is C=CCNc1nnc(Sc2nc(C(F)(F)F)cs2)s1. The molecule has 0 fully saturated rings. The number of anilines is 1. The molecule has 102 valence electrons. The first kappa shape index (κ1) is 14.3. The molecule has 10 heteroatoms. The van der Waals surface area contributed by atoms with Gasteiger partial charge in [0.25, 0.3) is 0 Å². The van der Waals surface area contributed by atoms with Crippen molar-refractivity contribution in [1.82, 2.24) is 15.2 Å². The van der Waals surface area contributed by atoms with Gasteiger partial charge in [-0.25, -0.2) is 4.98 Å². The van der Waals surface area contributed by atoms with E-state index in [1.807, 2.05) is 0 Å². The summed E-state index contributed by atoms with van der Waals surface area (Å²) in [4.78, 5) is 3.51. The molecule has 0 radical (unpaired) electrons. The topological polar surface area (TPSA) is 50.7 Å². The third kappa shape index (κ3) is 3.91. The molecule has 0 aliphatic carbocycles. The van der Waals surface area contributed by atoms with Gasteiger partial charge in [-0.1, -0.05) is 17.4 Å². The highest BCUT2D eigenvalue weighted by Gasteiger charge is 2.33. The summed E-state index contributed by atoms with van der Waals surface area (Å²) in [5, 5.41) is 12.2. The molecule has 0 saturated carbocycles. The molecule has 2 heterocycles. The molecule has 0 aliphatic heterocycles. The van der Waals surface area contributed by atoms with E-state index in [1.54, 1.807) is 6.08 Å². The van der Waals surface area contributed by atoms with Gasteiger partial charge in [0.05, 0.1) is 0 Å². The van der Waals surface area contributed by atoms with E-state index in [9.17, 15) is 13.2 Å². The van der Waals surface area contributed by atoms with Crippen molar-refractivity contribution in [3.8, 4) is 0 Å². The number of hydrogen-bond donors (Lipinski definition) is 1. The van der Waals surface area contributed by atoms with Crippen molar-refractivity contribution >= 4 is 39.6 Å². The van der Waals surface area contributed by atoms with Crippen LogP contribution in [0.15, 0.2) is 26.7 Å². The van der Waals surface area contributed by atoms with Gasteiger partial charge in [-0.2, -0.15) is 13.2 Å². The Kier molecular flexibility index (Phi) is 4.42. The number of aromatic nitrogens is 3. The normalized spacial score (nSPS) is 11.5. The summed E-state index contributed by atoms with van der Waals surface area (Å²) >= 11 is 3.25. The Bertz CT molecular complexity index is 563. The highest BCUT2D eigenvalue weighted by Crippen LogP contribution is 2.37. The zero-order valence-electron chi connectivity index (χ0n) is 9.27. The molecule has 0 spiro atoms. The Hall–Kier alpha value is -1.13. The molecule has 19 heavy (non-hydrogen) atoms.